The summed E-state index contributed by atoms with van der Waals surface area (Å²) in [6, 6.07) is 4.99. The molecule has 0 saturated heterocycles. The van der Waals surface area contributed by atoms with Crippen molar-refractivity contribution < 1.29 is 4.39 Å². The standard InChI is InChI=1S/C14H23FN2/c1-10(2)9-17(4)14-6-5-13(15)8-12(14)7-11(3)16/h5-6,8,10-11H,7,9,16H2,1-4H3. The SMILES string of the molecule is CC(C)CN(C)c1ccc(F)cc1CC(C)N. The molecule has 0 spiro atoms. The monoisotopic (exact) mass is 238 g/mol. The van der Waals surface area contributed by atoms with Crippen molar-refractivity contribution in [3.63, 3.8) is 0 Å². The fourth-order valence-electron chi connectivity index (χ4n) is 2.08. The van der Waals surface area contributed by atoms with Crippen LogP contribution in [0.3, 0.4) is 0 Å². The Morgan fingerprint density at radius 1 is 1.29 bits per heavy atom. The molecule has 0 fully saturated rings. The van der Waals surface area contributed by atoms with Crippen LogP contribution in [0.5, 0.6) is 0 Å². The minimum Gasteiger partial charge on any atom is -0.374 e. The van der Waals surface area contributed by atoms with E-state index < -0.39 is 0 Å². The molecule has 2 nitrogen and oxygen atoms in total. The average molecular weight is 238 g/mol. The van der Waals surface area contributed by atoms with E-state index in [1.54, 1.807) is 6.07 Å². The van der Waals surface area contributed by atoms with Gasteiger partial charge in [-0.2, -0.15) is 0 Å². The molecular weight excluding hydrogens is 215 g/mol. The van der Waals surface area contributed by atoms with Crippen LogP contribution in [0.2, 0.25) is 0 Å². The van der Waals surface area contributed by atoms with Gasteiger partial charge in [-0.1, -0.05) is 13.8 Å². The zero-order valence-corrected chi connectivity index (χ0v) is 11.2. The Morgan fingerprint density at radius 3 is 2.47 bits per heavy atom. The van der Waals surface area contributed by atoms with E-state index in [0.717, 1.165) is 17.8 Å². The Hall–Kier alpha value is -1.09. The molecular formula is C14H23FN2. The van der Waals surface area contributed by atoms with Crippen molar-refractivity contribution in [3.8, 4) is 0 Å². The van der Waals surface area contributed by atoms with Crippen molar-refractivity contribution in [3.05, 3.63) is 29.6 Å². The summed E-state index contributed by atoms with van der Waals surface area (Å²) in [7, 11) is 2.04. The molecule has 0 radical (unpaired) electrons. The van der Waals surface area contributed by atoms with E-state index >= 15 is 0 Å². The number of halogens is 1. The quantitative estimate of drug-likeness (QED) is 0.854. The van der Waals surface area contributed by atoms with Crippen LogP contribution in [0, 0.1) is 11.7 Å². The average Bonchev–Trinajstić information content (AvgIpc) is 2.15. The number of nitrogens with zero attached hydrogens (tertiary/aromatic N) is 1. The number of hydrogen-bond donors (Lipinski definition) is 1. The van der Waals surface area contributed by atoms with Crippen LogP contribution in [-0.4, -0.2) is 19.6 Å². The molecule has 0 aromatic heterocycles. The van der Waals surface area contributed by atoms with E-state index in [1.807, 2.05) is 20.0 Å². The molecule has 2 N–H and O–H groups in total. The summed E-state index contributed by atoms with van der Waals surface area (Å²) in [5.41, 5.74) is 7.87. The molecule has 0 aliphatic heterocycles. The molecule has 0 aliphatic carbocycles. The van der Waals surface area contributed by atoms with Gasteiger partial charge in [-0.05, 0) is 43.0 Å². The van der Waals surface area contributed by atoms with Gasteiger partial charge in [-0.3, -0.25) is 0 Å². The van der Waals surface area contributed by atoms with Gasteiger partial charge in [0.2, 0.25) is 0 Å². The van der Waals surface area contributed by atoms with Crippen LogP contribution in [-0.2, 0) is 6.42 Å². The predicted octanol–water partition coefficient (Wildman–Crippen LogP) is 2.81. The van der Waals surface area contributed by atoms with Crippen LogP contribution in [0.4, 0.5) is 10.1 Å². The number of anilines is 1. The van der Waals surface area contributed by atoms with Gasteiger partial charge in [-0.25, -0.2) is 4.39 Å². The second-order valence-electron chi connectivity index (χ2n) is 5.23. The smallest absolute Gasteiger partial charge is 0.123 e. The maximum atomic E-state index is 13.3. The molecule has 1 unspecified atom stereocenters. The van der Waals surface area contributed by atoms with E-state index in [2.05, 4.69) is 18.7 Å². The lowest BCUT2D eigenvalue weighted by Crippen LogP contribution is -2.25. The van der Waals surface area contributed by atoms with E-state index in [0.29, 0.717) is 12.3 Å². The molecule has 96 valence electrons. The van der Waals surface area contributed by atoms with E-state index in [1.165, 1.54) is 6.07 Å². The molecule has 1 atom stereocenters. The van der Waals surface area contributed by atoms with Gasteiger partial charge in [-0.15, -0.1) is 0 Å². The Morgan fingerprint density at radius 2 is 1.94 bits per heavy atom. The third-order valence-electron chi connectivity index (χ3n) is 2.63. The van der Waals surface area contributed by atoms with Crippen molar-refractivity contribution >= 4 is 5.69 Å². The zero-order chi connectivity index (χ0) is 13.0. The Balaban J connectivity index is 2.96. The highest BCUT2D eigenvalue weighted by molar-refractivity contribution is 5.53. The van der Waals surface area contributed by atoms with Gasteiger partial charge in [0, 0.05) is 25.3 Å². The van der Waals surface area contributed by atoms with Gasteiger partial charge in [0.1, 0.15) is 5.82 Å². The molecule has 0 heterocycles. The lowest BCUT2D eigenvalue weighted by molar-refractivity contribution is 0.617. The van der Waals surface area contributed by atoms with Gasteiger partial charge in [0.25, 0.3) is 0 Å². The highest BCUT2D eigenvalue weighted by Gasteiger charge is 2.11. The molecule has 0 bridgehead atoms. The van der Waals surface area contributed by atoms with Crippen LogP contribution in [0.1, 0.15) is 26.3 Å². The van der Waals surface area contributed by atoms with Crippen molar-refractivity contribution in [1.82, 2.24) is 0 Å². The van der Waals surface area contributed by atoms with Crippen LogP contribution < -0.4 is 10.6 Å². The second kappa shape index (κ2) is 6.01. The summed E-state index contributed by atoms with van der Waals surface area (Å²) in [5.74, 6) is 0.385. The maximum Gasteiger partial charge on any atom is 0.123 e. The first-order valence-corrected chi connectivity index (χ1v) is 6.15. The van der Waals surface area contributed by atoms with Crippen LogP contribution in [0.25, 0.3) is 0 Å². The Labute approximate surface area is 104 Å². The fourth-order valence-corrected chi connectivity index (χ4v) is 2.08. The van der Waals surface area contributed by atoms with E-state index in [9.17, 15) is 4.39 Å². The maximum absolute atomic E-state index is 13.3. The van der Waals surface area contributed by atoms with Gasteiger partial charge >= 0.3 is 0 Å². The van der Waals surface area contributed by atoms with Crippen LogP contribution in [0.15, 0.2) is 18.2 Å². The minimum atomic E-state index is -0.192. The molecule has 0 amide bonds. The fraction of sp³-hybridized carbons (Fsp3) is 0.571. The summed E-state index contributed by atoms with van der Waals surface area (Å²) >= 11 is 0. The Bertz CT molecular complexity index is 361. The third-order valence-corrected chi connectivity index (χ3v) is 2.63. The lowest BCUT2D eigenvalue weighted by atomic mass is 10.0. The first-order chi connectivity index (χ1) is 7.90. The first-order valence-electron chi connectivity index (χ1n) is 6.15. The van der Waals surface area contributed by atoms with Crippen molar-refractivity contribution in [1.29, 1.82) is 0 Å². The van der Waals surface area contributed by atoms with Crippen molar-refractivity contribution in [2.45, 2.75) is 33.2 Å². The van der Waals surface area contributed by atoms with Crippen LogP contribution >= 0.6 is 0 Å². The second-order valence-corrected chi connectivity index (χ2v) is 5.23. The summed E-state index contributed by atoms with van der Waals surface area (Å²) in [5, 5.41) is 0. The zero-order valence-electron chi connectivity index (χ0n) is 11.2. The van der Waals surface area contributed by atoms with Gasteiger partial charge < -0.3 is 10.6 Å². The Kier molecular flexibility index (Phi) is 4.94. The van der Waals surface area contributed by atoms with Gasteiger partial charge in [0.15, 0.2) is 0 Å². The number of benzene rings is 1. The van der Waals surface area contributed by atoms with E-state index in [4.69, 9.17) is 5.73 Å². The molecule has 1 rings (SSSR count). The van der Waals surface area contributed by atoms with Crippen molar-refractivity contribution in [2.24, 2.45) is 11.7 Å². The minimum absolute atomic E-state index is 0.0444. The summed E-state index contributed by atoms with van der Waals surface area (Å²) in [6.07, 6.45) is 0.704. The molecule has 1 aromatic rings. The molecule has 3 heteroatoms. The summed E-state index contributed by atoms with van der Waals surface area (Å²) in [6.45, 7) is 7.24. The van der Waals surface area contributed by atoms with Gasteiger partial charge in [0.05, 0.1) is 0 Å². The third kappa shape index (κ3) is 4.35. The normalized spacial score (nSPS) is 12.9. The molecule has 17 heavy (non-hydrogen) atoms. The molecule has 1 aromatic carbocycles. The highest BCUT2D eigenvalue weighted by Crippen LogP contribution is 2.22. The highest BCUT2D eigenvalue weighted by atomic mass is 19.1. The lowest BCUT2D eigenvalue weighted by Gasteiger charge is -2.25. The molecule has 0 saturated carbocycles. The number of hydrogen-bond acceptors (Lipinski definition) is 2. The van der Waals surface area contributed by atoms with E-state index in [-0.39, 0.29) is 11.9 Å². The predicted molar refractivity (Wildman–Crippen MR) is 71.9 cm³/mol. The van der Waals surface area contributed by atoms with Crippen molar-refractivity contribution in [2.75, 3.05) is 18.5 Å². The first kappa shape index (κ1) is 14.0. The topological polar surface area (TPSA) is 29.3 Å². The summed E-state index contributed by atoms with van der Waals surface area (Å²) in [4.78, 5) is 2.17. The number of rotatable bonds is 5. The summed E-state index contributed by atoms with van der Waals surface area (Å²) < 4.78 is 13.3. The largest absolute Gasteiger partial charge is 0.374 e. The molecule has 0 aliphatic rings. The number of nitrogens with two attached hydrogens (primary N) is 1.